The number of aliphatic imine (C=N–C) groups is 1. The van der Waals surface area contributed by atoms with Crippen LogP contribution in [-0.4, -0.2) is 30.0 Å². The maximum atomic E-state index is 13.1. The molecule has 1 heterocycles. The zero-order chi connectivity index (χ0) is 13.6. The predicted octanol–water partition coefficient (Wildman–Crippen LogP) is 1.98. The second-order valence-electron chi connectivity index (χ2n) is 5.04. The maximum absolute atomic E-state index is 13.1. The Labute approximate surface area is 108 Å². The van der Waals surface area contributed by atoms with Crippen molar-refractivity contribution in [3.63, 3.8) is 0 Å². The van der Waals surface area contributed by atoms with E-state index in [-0.39, 0.29) is 12.0 Å². The fraction of sp³-hybridized carbons (Fsp3) is 0.462. The molecule has 2 N–H and O–H groups in total. The van der Waals surface area contributed by atoms with Gasteiger partial charge in [0.25, 0.3) is 0 Å². The molecule has 1 aliphatic carbocycles. The van der Waals surface area contributed by atoms with Crippen LogP contribution in [0, 0.1) is 17.5 Å². The van der Waals surface area contributed by atoms with Gasteiger partial charge in [0.15, 0.2) is 23.4 Å². The number of likely N-dealkylation sites (tertiary alicyclic amines) is 1. The van der Waals surface area contributed by atoms with E-state index in [9.17, 15) is 13.2 Å². The molecule has 3 rings (SSSR count). The van der Waals surface area contributed by atoms with Crippen molar-refractivity contribution in [3.8, 4) is 0 Å². The molecule has 0 amide bonds. The molecule has 0 unspecified atom stereocenters. The molecule has 3 nitrogen and oxygen atoms in total. The van der Waals surface area contributed by atoms with Crippen molar-refractivity contribution in [1.82, 2.24) is 4.90 Å². The molecule has 0 aromatic heterocycles. The Kier molecular flexibility index (Phi) is 2.88. The van der Waals surface area contributed by atoms with Crippen LogP contribution < -0.4 is 5.73 Å². The topological polar surface area (TPSA) is 41.6 Å². The molecule has 2 atom stereocenters. The summed E-state index contributed by atoms with van der Waals surface area (Å²) in [6, 6.07) is 2.03. The highest BCUT2D eigenvalue weighted by Crippen LogP contribution is 2.44. The summed E-state index contributed by atoms with van der Waals surface area (Å²) in [4.78, 5) is 6.29. The minimum atomic E-state index is -1.43. The van der Waals surface area contributed by atoms with Gasteiger partial charge in [-0.1, -0.05) is 0 Å². The molecule has 1 aliphatic heterocycles. The van der Waals surface area contributed by atoms with Gasteiger partial charge >= 0.3 is 0 Å². The summed E-state index contributed by atoms with van der Waals surface area (Å²) in [5, 5.41) is 0. The van der Waals surface area contributed by atoms with Crippen molar-refractivity contribution in [2.24, 2.45) is 10.7 Å². The van der Waals surface area contributed by atoms with Crippen LogP contribution in [0.5, 0.6) is 0 Å². The quantitative estimate of drug-likeness (QED) is 0.507. The van der Waals surface area contributed by atoms with Gasteiger partial charge in [-0.3, -0.25) is 0 Å². The Hall–Kier alpha value is -1.72. The molecule has 2 aliphatic rings. The Morgan fingerprint density at radius 3 is 2.37 bits per heavy atom. The third-order valence-corrected chi connectivity index (χ3v) is 3.67. The van der Waals surface area contributed by atoms with E-state index in [1.165, 1.54) is 0 Å². The van der Waals surface area contributed by atoms with E-state index in [1.54, 1.807) is 0 Å². The zero-order valence-electron chi connectivity index (χ0n) is 10.2. The van der Waals surface area contributed by atoms with Gasteiger partial charge in [0.05, 0.1) is 6.04 Å². The van der Waals surface area contributed by atoms with Gasteiger partial charge < -0.3 is 10.6 Å². The summed E-state index contributed by atoms with van der Waals surface area (Å²) < 4.78 is 39.1. The van der Waals surface area contributed by atoms with Crippen molar-refractivity contribution in [2.45, 2.75) is 24.8 Å². The van der Waals surface area contributed by atoms with Crippen LogP contribution in [0.4, 0.5) is 13.2 Å². The van der Waals surface area contributed by atoms with Crippen LogP contribution in [0.1, 0.15) is 24.3 Å². The van der Waals surface area contributed by atoms with Crippen LogP contribution in [0.25, 0.3) is 0 Å². The van der Waals surface area contributed by atoms with Crippen LogP contribution in [0.15, 0.2) is 17.1 Å². The highest BCUT2D eigenvalue weighted by Gasteiger charge is 2.40. The predicted molar refractivity (Wildman–Crippen MR) is 65.3 cm³/mol. The Balaban J connectivity index is 1.72. The number of benzene rings is 1. The number of guanidine groups is 1. The number of halogens is 3. The van der Waals surface area contributed by atoms with E-state index in [0.29, 0.717) is 17.9 Å². The first-order chi connectivity index (χ1) is 9.06. The van der Waals surface area contributed by atoms with Crippen molar-refractivity contribution >= 4 is 5.96 Å². The summed E-state index contributed by atoms with van der Waals surface area (Å²) in [6.45, 7) is 1.82. The van der Waals surface area contributed by atoms with Gasteiger partial charge in [-0.05, 0) is 30.5 Å². The fourth-order valence-electron chi connectivity index (χ4n) is 2.27. The normalized spacial score (nSPS) is 26.3. The van der Waals surface area contributed by atoms with E-state index in [2.05, 4.69) is 4.99 Å². The van der Waals surface area contributed by atoms with Gasteiger partial charge in [-0.15, -0.1) is 0 Å². The lowest BCUT2D eigenvalue weighted by molar-refractivity contribution is 0.295. The molecule has 0 bridgehead atoms. The van der Waals surface area contributed by atoms with E-state index in [4.69, 9.17) is 5.73 Å². The molecule has 102 valence electrons. The third-order valence-electron chi connectivity index (χ3n) is 3.67. The Morgan fingerprint density at radius 2 is 1.84 bits per heavy atom. The summed E-state index contributed by atoms with van der Waals surface area (Å²) in [5.41, 5.74) is 6.26. The molecule has 0 radical (unpaired) electrons. The molecule has 6 heteroatoms. The molecule has 19 heavy (non-hydrogen) atoms. The highest BCUT2D eigenvalue weighted by molar-refractivity contribution is 5.79. The lowest BCUT2D eigenvalue weighted by atomic mass is 10.1. The largest absolute Gasteiger partial charge is 0.370 e. The van der Waals surface area contributed by atoms with Gasteiger partial charge in [0.2, 0.25) is 0 Å². The number of hydrogen-bond acceptors (Lipinski definition) is 1. The van der Waals surface area contributed by atoms with Gasteiger partial charge in [-0.25, -0.2) is 18.2 Å². The second-order valence-corrected chi connectivity index (χ2v) is 5.04. The first-order valence-corrected chi connectivity index (χ1v) is 6.29. The van der Waals surface area contributed by atoms with Gasteiger partial charge in [-0.2, -0.15) is 0 Å². The van der Waals surface area contributed by atoms with Crippen molar-refractivity contribution < 1.29 is 13.2 Å². The standard InChI is InChI=1S/C13H14F3N3/c14-9-4-7(5-10(15)12(9)16)8-6-11(8)18-13(17)19-2-1-3-19/h4-5,8,11H,1-3,6H2,(H2,17,18)/t8-,11+/m0/s1. The smallest absolute Gasteiger partial charge is 0.194 e. The number of nitrogens with zero attached hydrogens (tertiary/aromatic N) is 2. The zero-order valence-corrected chi connectivity index (χ0v) is 10.2. The highest BCUT2D eigenvalue weighted by atomic mass is 19.2. The fourth-order valence-corrected chi connectivity index (χ4v) is 2.27. The first-order valence-electron chi connectivity index (χ1n) is 6.29. The van der Waals surface area contributed by atoms with E-state index in [0.717, 1.165) is 31.6 Å². The molecule has 1 aromatic carbocycles. The van der Waals surface area contributed by atoms with Gasteiger partial charge in [0, 0.05) is 19.0 Å². The summed E-state index contributed by atoms with van der Waals surface area (Å²) >= 11 is 0. The van der Waals surface area contributed by atoms with Crippen LogP contribution >= 0.6 is 0 Å². The first kappa shape index (κ1) is 12.3. The van der Waals surface area contributed by atoms with Crippen LogP contribution in [0.3, 0.4) is 0 Å². The Morgan fingerprint density at radius 1 is 1.21 bits per heavy atom. The monoisotopic (exact) mass is 269 g/mol. The minimum Gasteiger partial charge on any atom is -0.370 e. The van der Waals surface area contributed by atoms with Crippen LogP contribution in [0.2, 0.25) is 0 Å². The van der Waals surface area contributed by atoms with Crippen molar-refractivity contribution in [1.29, 1.82) is 0 Å². The molecular weight excluding hydrogens is 255 g/mol. The third kappa shape index (κ3) is 2.27. The molecule has 1 saturated heterocycles. The van der Waals surface area contributed by atoms with E-state index in [1.807, 2.05) is 4.90 Å². The van der Waals surface area contributed by atoms with E-state index < -0.39 is 17.5 Å². The molecule has 0 spiro atoms. The number of nitrogens with two attached hydrogens (primary N) is 1. The van der Waals surface area contributed by atoms with Crippen molar-refractivity contribution in [2.75, 3.05) is 13.1 Å². The lowest BCUT2D eigenvalue weighted by Crippen LogP contribution is -2.46. The summed E-state index contributed by atoms with van der Waals surface area (Å²) in [7, 11) is 0. The average Bonchev–Trinajstić information content (AvgIpc) is 3.02. The maximum Gasteiger partial charge on any atom is 0.194 e. The van der Waals surface area contributed by atoms with Crippen LogP contribution in [-0.2, 0) is 0 Å². The number of hydrogen-bond donors (Lipinski definition) is 1. The Bertz CT molecular complexity index is 517. The SMILES string of the molecule is NC(=N[C@@H]1C[C@H]1c1cc(F)c(F)c(F)c1)N1CCC1. The summed E-state index contributed by atoms with van der Waals surface area (Å²) in [5.74, 6) is -3.31. The minimum absolute atomic E-state index is 0.0511. The molecule has 1 aromatic rings. The molecule has 2 fully saturated rings. The summed E-state index contributed by atoms with van der Waals surface area (Å²) in [6.07, 6.45) is 1.80. The molecular formula is C13H14F3N3. The van der Waals surface area contributed by atoms with E-state index >= 15 is 0 Å². The second kappa shape index (κ2) is 4.43. The number of rotatable bonds is 2. The lowest BCUT2D eigenvalue weighted by Gasteiger charge is -2.31. The van der Waals surface area contributed by atoms with Gasteiger partial charge in [0.1, 0.15) is 0 Å². The molecule has 1 saturated carbocycles. The average molecular weight is 269 g/mol. The van der Waals surface area contributed by atoms with Crippen molar-refractivity contribution in [3.05, 3.63) is 35.1 Å².